The van der Waals surface area contributed by atoms with Crippen molar-refractivity contribution < 1.29 is 9.53 Å². The van der Waals surface area contributed by atoms with E-state index in [0.717, 1.165) is 42.8 Å². The largest absolute Gasteiger partial charge is 0.383 e. The Kier molecular flexibility index (Phi) is 5.32. The highest BCUT2D eigenvalue weighted by atomic mass is 16.5. The maximum absolute atomic E-state index is 12.1. The summed E-state index contributed by atoms with van der Waals surface area (Å²) < 4.78 is 7.22. The van der Waals surface area contributed by atoms with E-state index in [1.807, 2.05) is 23.1 Å². The molecule has 3 N–H and O–H groups in total. The minimum absolute atomic E-state index is 0.0139. The number of nitrogens with two attached hydrogens (primary N) is 1. The molecule has 2 heterocycles. The van der Waals surface area contributed by atoms with Crippen molar-refractivity contribution in [1.82, 2.24) is 19.8 Å². The summed E-state index contributed by atoms with van der Waals surface area (Å²) in [6.45, 7) is 2.97. The molecule has 1 aromatic heterocycles. The van der Waals surface area contributed by atoms with Crippen LogP contribution in [-0.2, 0) is 11.3 Å². The zero-order valence-corrected chi connectivity index (χ0v) is 14.1. The molecule has 0 unspecified atom stereocenters. The second kappa shape index (κ2) is 7.63. The molecule has 7 nitrogen and oxygen atoms in total. The number of para-hydroxylation sites is 2. The smallest absolute Gasteiger partial charge is 0.317 e. The van der Waals surface area contributed by atoms with Gasteiger partial charge in [-0.05, 0) is 25.0 Å². The van der Waals surface area contributed by atoms with E-state index in [0.29, 0.717) is 25.7 Å². The Bertz CT molecular complexity index is 691. The third kappa shape index (κ3) is 3.37. The van der Waals surface area contributed by atoms with Gasteiger partial charge in [-0.25, -0.2) is 9.78 Å². The lowest BCUT2D eigenvalue weighted by Crippen LogP contribution is -2.45. The number of carbonyl (C=O) groups excluding carboxylic acids is 1. The first-order valence-corrected chi connectivity index (χ1v) is 8.42. The summed E-state index contributed by atoms with van der Waals surface area (Å²) in [6.07, 6.45) is 1.82. The first-order chi connectivity index (χ1) is 11.7. The Morgan fingerprint density at radius 1 is 1.38 bits per heavy atom. The molecule has 0 bridgehead atoms. The van der Waals surface area contributed by atoms with E-state index < -0.39 is 0 Å². The van der Waals surface area contributed by atoms with Crippen LogP contribution in [0.5, 0.6) is 0 Å². The number of amides is 2. The Hall–Kier alpha value is -2.12. The summed E-state index contributed by atoms with van der Waals surface area (Å²) in [5.74, 6) is 0.916. The van der Waals surface area contributed by atoms with Crippen molar-refractivity contribution in [2.24, 2.45) is 5.73 Å². The number of carbonyl (C=O) groups is 1. The van der Waals surface area contributed by atoms with E-state index >= 15 is 0 Å². The van der Waals surface area contributed by atoms with Crippen molar-refractivity contribution in [3.63, 3.8) is 0 Å². The summed E-state index contributed by atoms with van der Waals surface area (Å²) in [4.78, 5) is 18.6. The van der Waals surface area contributed by atoms with Gasteiger partial charge in [0.05, 0.1) is 24.2 Å². The van der Waals surface area contributed by atoms with Gasteiger partial charge < -0.3 is 25.3 Å². The first kappa shape index (κ1) is 16.7. The van der Waals surface area contributed by atoms with Gasteiger partial charge in [-0.2, -0.15) is 0 Å². The van der Waals surface area contributed by atoms with Crippen LogP contribution in [0, 0.1) is 0 Å². The number of nitrogens with zero attached hydrogens (tertiary/aromatic N) is 3. The van der Waals surface area contributed by atoms with Gasteiger partial charge in [0, 0.05) is 32.8 Å². The summed E-state index contributed by atoms with van der Waals surface area (Å²) in [7, 11) is 1.63. The molecule has 0 spiro atoms. The molecule has 1 saturated heterocycles. The molecule has 1 aromatic carbocycles. The fourth-order valence-electron chi connectivity index (χ4n) is 3.34. The summed E-state index contributed by atoms with van der Waals surface area (Å²) in [6, 6.07) is 8.44. The molecule has 1 aliphatic rings. The molecule has 1 aliphatic heterocycles. The second-order valence-corrected chi connectivity index (χ2v) is 6.03. The molecule has 7 heteroatoms. The van der Waals surface area contributed by atoms with E-state index in [4.69, 9.17) is 10.5 Å². The third-order valence-corrected chi connectivity index (χ3v) is 4.55. The number of likely N-dealkylation sites (tertiary alicyclic amines) is 1. The van der Waals surface area contributed by atoms with E-state index in [9.17, 15) is 4.79 Å². The van der Waals surface area contributed by atoms with Crippen LogP contribution in [0.15, 0.2) is 24.3 Å². The molecule has 0 aliphatic carbocycles. The maximum atomic E-state index is 12.1. The minimum Gasteiger partial charge on any atom is -0.383 e. The van der Waals surface area contributed by atoms with E-state index in [-0.39, 0.29) is 6.03 Å². The van der Waals surface area contributed by atoms with Crippen LogP contribution in [0.25, 0.3) is 11.0 Å². The first-order valence-electron chi connectivity index (χ1n) is 8.42. The zero-order chi connectivity index (χ0) is 16.9. The van der Waals surface area contributed by atoms with E-state index in [1.54, 1.807) is 7.11 Å². The average Bonchev–Trinajstić information content (AvgIpc) is 3.00. The van der Waals surface area contributed by atoms with Crippen molar-refractivity contribution >= 4 is 17.1 Å². The van der Waals surface area contributed by atoms with Crippen LogP contribution in [-0.4, -0.2) is 53.8 Å². The summed E-state index contributed by atoms with van der Waals surface area (Å²) in [5, 5.41) is 2.88. The molecule has 130 valence electrons. The van der Waals surface area contributed by atoms with Gasteiger partial charge in [-0.1, -0.05) is 12.1 Å². The van der Waals surface area contributed by atoms with Crippen LogP contribution >= 0.6 is 0 Å². The highest BCUT2D eigenvalue weighted by molar-refractivity contribution is 5.76. The van der Waals surface area contributed by atoms with Crippen molar-refractivity contribution in [2.75, 3.05) is 33.4 Å². The van der Waals surface area contributed by atoms with Gasteiger partial charge in [0.25, 0.3) is 0 Å². The van der Waals surface area contributed by atoms with Gasteiger partial charge >= 0.3 is 6.03 Å². The quantitative estimate of drug-likeness (QED) is 0.813. The number of hydrogen-bond donors (Lipinski definition) is 2. The third-order valence-electron chi connectivity index (χ3n) is 4.55. The number of nitrogens with one attached hydrogen (secondary N) is 1. The standard InChI is InChI=1S/C17H25N5O2/c1-24-11-8-19-17(23)21-9-6-13(7-10-21)22-15-5-3-2-4-14(15)20-16(22)12-18/h2-5,13H,6-12,18H2,1H3,(H,19,23). The number of benzene rings is 1. The van der Waals surface area contributed by atoms with Crippen molar-refractivity contribution in [1.29, 1.82) is 0 Å². The number of methoxy groups -OCH3 is 1. The fraction of sp³-hybridized carbons (Fsp3) is 0.529. The van der Waals surface area contributed by atoms with Gasteiger partial charge in [-0.15, -0.1) is 0 Å². The number of fused-ring (bicyclic) bond motifs is 1. The van der Waals surface area contributed by atoms with Crippen LogP contribution in [0.4, 0.5) is 4.79 Å². The molecular formula is C17H25N5O2. The fourth-order valence-corrected chi connectivity index (χ4v) is 3.34. The van der Waals surface area contributed by atoms with Crippen molar-refractivity contribution in [3.8, 4) is 0 Å². The molecule has 2 aromatic rings. The molecule has 2 amide bonds. The number of imidazole rings is 1. The number of hydrogen-bond acceptors (Lipinski definition) is 4. The lowest BCUT2D eigenvalue weighted by Gasteiger charge is -2.33. The minimum atomic E-state index is -0.0139. The predicted octanol–water partition coefficient (Wildman–Crippen LogP) is 1.49. The van der Waals surface area contributed by atoms with Crippen molar-refractivity contribution in [3.05, 3.63) is 30.1 Å². The van der Waals surface area contributed by atoms with Crippen LogP contribution in [0.3, 0.4) is 0 Å². The SMILES string of the molecule is COCCNC(=O)N1CCC(n2c(CN)nc3ccccc32)CC1. The number of rotatable bonds is 5. The zero-order valence-electron chi connectivity index (χ0n) is 14.1. The van der Waals surface area contributed by atoms with Gasteiger partial charge in [-0.3, -0.25) is 0 Å². The van der Waals surface area contributed by atoms with E-state index in [1.165, 1.54) is 0 Å². The van der Waals surface area contributed by atoms with Crippen molar-refractivity contribution in [2.45, 2.75) is 25.4 Å². The van der Waals surface area contributed by atoms with E-state index in [2.05, 4.69) is 20.9 Å². The Morgan fingerprint density at radius 2 is 2.12 bits per heavy atom. The van der Waals surface area contributed by atoms with Gasteiger partial charge in [0.15, 0.2) is 0 Å². The highest BCUT2D eigenvalue weighted by Gasteiger charge is 2.26. The molecule has 3 rings (SSSR count). The molecule has 24 heavy (non-hydrogen) atoms. The average molecular weight is 331 g/mol. The van der Waals surface area contributed by atoms with Crippen LogP contribution < -0.4 is 11.1 Å². The molecular weight excluding hydrogens is 306 g/mol. The number of piperidine rings is 1. The molecule has 0 radical (unpaired) electrons. The topological polar surface area (TPSA) is 85.4 Å². The monoisotopic (exact) mass is 331 g/mol. The van der Waals surface area contributed by atoms with Gasteiger partial charge in [0.1, 0.15) is 5.82 Å². The molecule has 0 saturated carbocycles. The lowest BCUT2D eigenvalue weighted by molar-refractivity contribution is 0.162. The van der Waals surface area contributed by atoms with Crippen LogP contribution in [0.1, 0.15) is 24.7 Å². The Balaban J connectivity index is 1.68. The molecule has 0 atom stereocenters. The maximum Gasteiger partial charge on any atom is 0.317 e. The summed E-state index contributed by atoms with van der Waals surface area (Å²) >= 11 is 0. The Morgan fingerprint density at radius 3 is 2.83 bits per heavy atom. The normalized spacial score (nSPS) is 15.8. The highest BCUT2D eigenvalue weighted by Crippen LogP contribution is 2.28. The second-order valence-electron chi connectivity index (χ2n) is 6.03. The van der Waals surface area contributed by atoms with Crippen LogP contribution in [0.2, 0.25) is 0 Å². The lowest BCUT2D eigenvalue weighted by atomic mass is 10.0. The Labute approximate surface area is 141 Å². The van der Waals surface area contributed by atoms with Gasteiger partial charge in [0.2, 0.25) is 0 Å². The number of urea groups is 1. The summed E-state index contributed by atoms with van der Waals surface area (Å²) in [5.41, 5.74) is 8.00. The number of ether oxygens (including phenoxy) is 1. The predicted molar refractivity (Wildman–Crippen MR) is 92.7 cm³/mol. The number of aromatic nitrogens is 2. The molecule has 1 fully saturated rings.